The van der Waals surface area contributed by atoms with E-state index in [2.05, 4.69) is 45.0 Å². The van der Waals surface area contributed by atoms with Gasteiger partial charge in [-0.25, -0.2) is 9.97 Å². The average Bonchev–Trinajstić information content (AvgIpc) is 3.24. The Kier molecular flexibility index (Phi) is 3.24. The van der Waals surface area contributed by atoms with Crippen molar-refractivity contribution >= 4 is 28.4 Å². The van der Waals surface area contributed by atoms with E-state index in [1.807, 2.05) is 13.1 Å². The highest BCUT2D eigenvalue weighted by atomic mass is 127. The van der Waals surface area contributed by atoms with Crippen LogP contribution < -0.4 is 10.1 Å². The summed E-state index contributed by atoms with van der Waals surface area (Å²) in [6.45, 7) is 0.779. The summed E-state index contributed by atoms with van der Waals surface area (Å²) in [5, 5.41) is 3.20. The highest BCUT2D eigenvalue weighted by Crippen LogP contribution is 2.43. The third-order valence-corrected chi connectivity index (χ3v) is 5.09. The normalized spacial score (nSPS) is 16.5. The number of fused-ring (bicyclic) bond motifs is 1. The van der Waals surface area contributed by atoms with Crippen molar-refractivity contribution in [3.05, 3.63) is 33.0 Å². The molecule has 0 atom stereocenters. The number of halogens is 1. The van der Waals surface area contributed by atoms with Gasteiger partial charge in [0.2, 0.25) is 0 Å². The first-order valence-electron chi connectivity index (χ1n) is 7.27. The molecule has 0 spiro atoms. The molecule has 1 N–H and O–H groups in total. The molecule has 1 aliphatic carbocycles. The Morgan fingerprint density at radius 1 is 1.29 bits per heavy atom. The van der Waals surface area contributed by atoms with Gasteiger partial charge in [0, 0.05) is 24.9 Å². The lowest BCUT2D eigenvalue weighted by Gasteiger charge is -2.11. The van der Waals surface area contributed by atoms with Crippen LogP contribution in [0.2, 0.25) is 0 Å². The van der Waals surface area contributed by atoms with Gasteiger partial charge in [-0.3, -0.25) is 0 Å². The van der Waals surface area contributed by atoms with Crippen LogP contribution in [0, 0.1) is 3.57 Å². The maximum atomic E-state index is 5.57. The van der Waals surface area contributed by atoms with Gasteiger partial charge in [-0.1, -0.05) is 0 Å². The fourth-order valence-electron chi connectivity index (χ4n) is 2.71. The number of ether oxygens (including phenoxy) is 1. The predicted molar refractivity (Wildman–Crippen MR) is 90.9 cm³/mol. The molecule has 0 amide bonds. The molecule has 2 aromatic rings. The minimum Gasteiger partial charge on any atom is -0.493 e. The van der Waals surface area contributed by atoms with E-state index in [0.717, 1.165) is 39.6 Å². The van der Waals surface area contributed by atoms with E-state index < -0.39 is 0 Å². The monoisotopic (exact) mass is 393 g/mol. The van der Waals surface area contributed by atoms with Crippen LogP contribution in [0.3, 0.4) is 0 Å². The number of benzene rings is 1. The SMILES string of the molecule is CNc1nc(-c2ccc3c(c2)CCO3)nc(C2CC2)c1I. The second-order valence-corrected chi connectivity index (χ2v) is 6.62. The molecular formula is C16H16IN3O. The third kappa shape index (κ3) is 2.37. The Labute approximate surface area is 137 Å². The third-order valence-electron chi connectivity index (χ3n) is 4.03. The molecule has 4 rings (SSSR count). The van der Waals surface area contributed by atoms with E-state index in [-0.39, 0.29) is 0 Å². The largest absolute Gasteiger partial charge is 0.493 e. The zero-order valence-electron chi connectivity index (χ0n) is 11.8. The van der Waals surface area contributed by atoms with Gasteiger partial charge in [0.05, 0.1) is 15.9 Å². The lowest BCUT2D eigenvalue weighted by Crippen LogP contribution is -2.04. The molecule has 108 valence electrons. The lowest BCUT2D eigenvalue weighted by molar-refractivity contribution is 0.357. The van der Waals surface area contributed by atoms with Crippen LogP contribution in [-0.4, -0.2) is 23.6 Å². The van der Waals surface area contributed by atoms with Crippen LogP contribution in [0.4, 0.5) is 5.82 Å². The van der Waals surface area contributed by atoms with Crippen molar-refractivity contribution < 1.29 is 4.74 Å². The smallest absolute Gasteiger partial charge is 0.161 e. The first-order chi connectivity index (χ1) is 10.3. The molecule has 1 fully saturated rings. The van der Waals surface area contributed by atoms with Gasteiger partial charge in [-0.05, 0) is 59.2 Å². The number of aromatic nitrogens is 2. The second kappa shape index (κ2) is 5.12. The fraction of sp³-hybridized carbons (Fsp3) is 0.375. The molecule has 1 saturated carbocycles. The van der Waals surface area contributed by atoms with E-state index >= 15 is 0 Å². The molecule has 1 aromatic carbocycles. The van der Waals surface area contributed by atoms with Crippen LogP contribution in [-0.2, 0) is 6.42 Å². The number of rotatable bonds is 3. The molecule has 2 heterocycles. The Morgan fingerprint density at radius 3 is 2.90 bits per heavy atom. The van der Waals surface area contributed by atoms with E-state index in [1.165, 1.54) is 24.1 Å². The van der Waals surface area contributed by atoms with Crippen molar-refractivity contribution in [2.24, 2.45) is 0 Å². The van der Waals surface area contributed by atoms with Gasteiger partial charge < -0.3 is 10.1 Å². The number of anilines is 1. The Hall–Kier alpha value is -1.37. The zero-order chi connectivity index (χ0) is 14.4. The molecule has 0 bridgehead atoms. The lowest BCUT2D eigenvalue weighted by atomic mass is 10.1. The van der Waals surface area contributed by atoms with Gasteiger partial charge in [-0.2, -0.15) is 0 Å². The number of nitrogens with one attached hydrogen (secondary N) is 1. The minimum absolute atomic E-state index is 0.614. The standard InChI is InChI=1S/C16H16IN3O/c1-18-16-13(17)14(9-2-3-9)19-15(20-16)11-4-5-12-10(8-11)6-7-21-12/h4-5,8-9H,2-3,6-7H2,1H3,(H,18,19,20). The van der Waals surface area contributed by atoms with Gasteiger partial charge in [-0.15, -0.1) is 0 Å². The van der Waals surface area contributed by atoms with E-state index in [9.17, 15) is 0 Å². The molecule has 0 unspecified atom stereocenters. The topological polar surface area (TPSA) is 47.0 Å². The predicted octanol–water partition coefficient (Wildman–Crippen LogP) is 3.60. The first-order valence-corrected chi connectivity index (χ1v) is 8.35. The summed E-state index contributed by atoms with van der Waals surface area (Å²) in [5.41, 5.74) is 3.53. The van der Waals surface area contributed by atoms with Gasteiger partial charge in [0.25, 0.3) is 0 Å². The van der Waals surface area contributed by atoms with Crippen molar-refractivity contribution in [1.82, 2.24) is 9.97 Å². The molecular weight excluding hydrogens is 377 g/mol. The van der Waals surface area contributed by atoms with Crippen molar-refractivity contribution in [2.45, 2.75) is 25.2 Å². The second-order valence-electron chi connectivity index (χ2n) is 5.54. The van der Waals surface area contributed by atoms with E-state index in [4.69, 9.17) is 9.72 Å². The quantitative estimate of drug-likeness (QED) is 0.810. The Bertz CT molecular complexity index is 713. The van der Waals surface area contributed by atoms with Gasteiger partial charge in [0.1, 0.15) is 11.6 Å². The first kappa shape index (κ1) is 13.3. The number of hydrogen-bond acceptors (Lipinski definition) is 4. The van der Waals surface area contributed by atoms with Crippen molar-refractivity contribution in [1.29, 1.82) is 0 Å². The highest BCUT2D eigenvalue weighted by molar-refractivity contribution is 14.1. The number of nitrogens with zero attached hydrogens (tertiary/aromatic N) is 2. The summed E-state index contributed by atoms with van der Waals surface area (Å²) in [6.07, 6.45) is 3.46. The van der Waals surface area contributed by atoms with Gasteiger partial charge >= 0.3 is 0 Å². The van der Waals surface area contributed by atoms with Crippen LogP contribution in [0.15, 0.2) is 18.2 Å². The molecule has 1 aliphatic heterocycles. The summed E-state index contributed by atoms with van der Waals surface area (Å²) < 4.78 is 6.73. The molecule has 0 radical (unpaired) electrons. The van der Waals surface area contributed by atoms with Crippen LogP contribution in [0.1, 0.15) is 30.0 Å². The molecule has 1 aromatic heterocycles. The summed E-state index contributed by atoms with van der Waals surface area (Å²) in [7, 11) is 1.92. The molecule has 2 aliphatic rings. The maximum absolute atomic E-state index is 5.57. The Balaban J connectivity index is 1.82. The van der Waals surface area contributed by atoms with E-state index in [0.29, 0.717) is 5.92 Å². The van der Waals surface area contributed by atoms with Gasteiger partial charge in [0.15, 0.2) is 5.82 Å². The average molecular weight is 393 g/mol. The molecule has 5 heteroatoms. The van der Waals surface area contributed by atoms with E-state index in [1.54, 1.807) is 0 Å². The highest BCUT2D eigenvalue weighted by Gasteiger charge is 2.29. The minimum atomic E-state index is 0.614. The summed E-state index contributed by atoms with van der Waals surface area (Å²) in [6, 6.07) is 6.26. The van der Waals surface area contributed by atoms with Crippen LogP contribution >= 0.6 is 22.6 Å². The van der Waals surface area contributed by atoms with Crippen LogP contribution in [0.25, 0.3) is 11.4 Å². The summed E-state index contributed by atoms with van der Waals surface area (Å²) in [5.74, 6) is 3.36. The number of hydrogen-bond donors (Lipinski definition) is 1. The maximum Gasteiger partial charge on any atom is 0.161 e. The van der Waals surface area contributed by atoms with Crippen molar-refractivity contribution in [2.75, 3.05) is 19.0 Å². The fourth-order valence-corrected chi connectivity index (χ4v) is 3.66. The summed E-state index contributed by atoms with van der Waals surface area (Å²) in [4.78, 5) is 9.53. The van der Waals surface area contributed by atoms with Crippen LogP contribution in [0.5, 0.6) is 5.75 Å². The Morgan fingerprint density at radius 2 is 2.14 bits per heavy atom. The van der Waals surface area contributed by atoms with Crippen molar-refractivity contribution in [3.8, 4) is 17.1 Å². The zero-order valence-corrected chi connectivity index (χ0v) is 14.0. The molecule has 4 nitrogen and oxygen atoms in total. The summed E-state index contributed by atoms with van der Waals surface area (Å²) >= 11 is 2.35. The molecule has 0 saturated heterocycles. The van der Waals surface area contributed by atoms with Crippen molar-refractivity contribution in [3.63, 3.8) is 0 Å². The molecule has 21 heavy (non-hydrogen) atoms.